The monoisotopic (exact) mass is 349 g/mol. The Morgan fingerprint density at radius 2 is 1.92 bits per heavy atom. The smallest absolute Gasteiger partial charge is 0.179 e. The minimum atomic E-state index is -0.578. The van der Waals surface area contributed by atoms with Gasteiger partial charge in [-0.15, -0.1) is 0 Å². The van der Waals surface area contributed by atoms with Crippen molar-refractivity contribution in [3.63, 3.8) is 0 Å². The van der Waals surface area contributed by atoms with Gasteiger partial charge in [-0.1, -0.05) is 41.9 Å². The summed E-state index contributed by atoms with van der Waals surface area (Å²) in [5.74, 6) is 1.17. The third kappa shape index (κ3) is 4.63. The summed E-state index contributed by atoms with van der Waals surface area (Å²) in [5.41, 5.74) is 1.85. The Hall–Kier alpha value is -1.75. The molecule has 0 radical (unpaired) electrons. The molecule has 4 nitrogen and oxygen atoms in total. The first-order chi connectivity index (χ1) is 11.6. The highest BCUT2D eigenvalue weighted by Crippen LogP contribution is 2.36. The van der Waals surface area contributed by atoms with Crippen LogP contribution in [0.3, 0.4) is 0 Å². The molecule has 0 saturated carbocycles. The summed E-state index contributed by atoms with van der Waals surface area (Å²) in [6.45, 7) is 4.93. The molecule has 0 spiro atoms. The molecule has 0 aliphatic rings. The molecule has 0 heterocycles. The van der Waals surface area contributed by atoms with Gasteiger partial charge < -0.3 is 19.9 Å². The normalized spacial score (nSPS) is 13.4. The van der Waals surface area contributed by atoms with Gasteiger partial charge in [-0.25, -0.2) is 0 Å². The van der Waals surface area contributed by atoms with Gasteiger partial charge in [-0.2, -0.15) is 0 Å². The Balaban J connectivity index is 2.04. The van der Waals surface area contributed by atoms with E-state index in [1.807, 2.05) is 56.3 Å². The van der Waals surface area contributed by atoms with E-state index in [0.717, 1.165) is 11.1 Å². The maximum atomic E-state index is 10.4. The summed E-state index contributed by atoms with van der Waals surface area (Å²) in [6.07, 6.45) is -0.578. The molecule has 0 aromatic heterocycles. The Morgan fingerprint density at radius 1 is 1.21 bits per heavy atom. The van der Waals surface area contributed by atoms with Crippen LogP contribution >= 0.6 is 11.6 Å². The van der Waals surface area contributed by atoms with Crippen molar-refractivity contribution in [2.75, 3.05) is 13.7 Å². The minimum Gasteiger partial charge on any atom is -0.493 e. The Kier molecular flexibility index (Phi) is 6.91. The standard InChI is InChI=1S/C19H24ClNO3/c1-4-24-19-16(20)10-14(11-17(19)23-3)12-21-13(2)18(22)15-8-6-5-7-9-15/h5-11,13,18,21-22H,4,12H2,1-3H3/t13-,18-/m0/s1. The fourth-order valence-electron chi connectivity index (χ4n) is 2.49. The van der Waals surface area contributed by atoms with Gasteiger partial charge in [-0.05, 0) is 37.1 Å². The van der Waals surface area contributed by atoms with Crippen molar-refractivity contribution in [2.45, 2.75) is 32.5 Å². The van der Waals surface area contributed by atoms with Crippen molar-refractivity contribution < 1.29 is 14.6 Å². The van der Waals surface area contributed by atoms with E-state index < -0.39 is 6.10 Å². The number of benzene rings is 2. The molecule has 0 fully saturated rings. The van der Waals surface area contributed by atoms with Crippen LogP contribution in [0.4, 0.5) is 0 Å². The molecule has 2 rings (SSSR count). The predicted octanol–water partition coefficient (Wildman–Crippen LogP) is 3.96. The van der Waals surface area contributed by atoms with Crippen molar-refractivity contribution in [1.82, 2.24) is 5.32 Å². The molecule has 0 saturated heterocycles. The molecule has 0 aliphatic carbocycles. The number of ether oxygens (including phenoxy) is 2. The lowest BCUT2D eigenvalue weighted by Gasteiger charge is -2.21. The fraction of sp³-hybridized carbons (Fsp3) is 0.368. The Labute approximate surface area is 148 Å². The van der Waals surface area contributed by atoms with Gasteiger partial charge in [0.15, 0.2) is 11.5 Å². The van der Waals surface area contributed by atoms with Crippen molar-refractivity contribution in [3.8, 4) is 11.5 Å². The molecule has 130 valence electrons. The fourth-order valence-corrected chi connectivity index (χ4v) is 2.78. The molecule has 0 amide bonds. The van der Waals surface area contributed by atoms with E-state index >= 15 is 0 Å². The second-order valence-corrected chi connectivity index (χ2v) is 5.97. The van der Waals surface area contributed by atoms with E-state index in [2.05, 4.69) is 5.32 Å². The summed E-state index contributed by atoms with van der Waals surface area (Å²) in [6, 6.07) is 13.2. The van der Waals surface area contributed by atoms with E-state index in [0.29, 0.717) is 29.7 Å². The third-order valence-corrected chi connectivity index (χ3v) is 4.10. The Morgan fingerprint density at radius 3 is 2.54 bits per heavy atom. The zero-order valence-corrected chi connectivity index (χ0v) is 15.0. The summed E-state index contributed by atoms with van der Waals surface area (Å²) in [7, 11) is 1.59. The molecule has 24 heavy (non-hydrogen) atoms. The topological polar surface area (TPSA) is 50.7 Å². The molecule has 2 N–H and O–H groups in total. The van der Waals surface area contributed by atoms with Crippen LogP contribution < -0.4 is 14.8 Å². The second kappa shape index (κ2) is 8.92. The average Bonchev–Trinajstić information content (AvgIpc) is 2.61. The maximum absolute atomic E-state index is 10.4. The van der Waals surface area contributed by atoms with E-state index in [4.69, 9.17) is 21.1 Å². The highest BCUT2D eigenvalue weighted by Gasteiger charge is 2.17. The van der Waals surface area contributed by atoms with Crippen LogP contribution in [0.2, 0.25) is 5.02 Å². The lowest BCUT2D eigenvalue weighted by Crippen LogP contribution is -2.31. The molecular weight excluding hydrogens is 326 g/mol. The number of nitrogens with one attached hydrogen (secondary N) is 1. The van der Waals surface area contributed by atoms with Crippen LogP contribution in [0.25, 0.3) is 0 Å². The predicted molar refractivity (Wildman–Crippen MR) is 96.9 cm³/mol. The minimum absolute atomic E-state index is 0.108. The first kappa shape index (κ1) is 18.6. The van der Waals surface area contributed by atoms with E-state index in [9.17, 15) is 5.11 Å². The molecule has 5 heteroatoms. The van der Waals surface area contributed by atoms with Gasteiger partial charge in [0.05, 0.1) is 24.8 Å². The van der Waals surface area contributed by atoms with Crippen LogP contribution in [0.1, 0.15) is 31.1 Å². The maximum Gasteiger partial charge on any atom is 0.179 e. The highest BCUT2D eigenvalue weighted by atomic mass is 35.5. The van der Waals surface area contributed by atoms with Gasteiger partial charge >= 0.3 is 0 Å². The van der Waals surface area contributed by atoms with Crippen LogP contribution in [-0.4, -0.2) is 24.9 Å². The molecule has 2 aromatic rings. The van der Waals surface area contributed by atoms with E-state index in [1.165, 1.54) is 0 Å². The number of aliphatic hydroxyl groups is 1. The summed E-state index contributed by atoms with van der Waals surface area (Å²) in [5, 5.41) is 14.2. The van der Waals surface area contributed by atoms with Crippen molar-refractivity contribution in [3.05, 3.63) is 58.6 Å². The van der Waals surface area contributed by atoms with E-state index in [-0.39, 0.29) is 6.04 Å². The largest absolute Gasteiger partial charge is 0.493 e. The number of hydrogen-bond donors (Lipinski definition) is 2. The van der Waals surface area contributed by atoms with Crippen molar-refractivity contribution >= 4 is 11.6 Å². The SMILES string of the molecule is CCOc1c(Cl)cc(CN[C@@H](C)[C@H](O)c2ccccc2)cc1OC. The Bertz CT molecular complexity index is 649. The summed E-state index contributed by atoms with van der Waals surface area (Å²) < 4.78 is 10.9. The van der Waals surface area contributed by atoms with Crippen molar-refractivity contribution in [1.29, 1.82) is 0 Å². The lowest BCUT2D eigenvalue weighted by atomic mass is 10.0. The lowest BCUT2D eigenvalue weighted by molar-refractivity contribution is 0.135. The number of aliphatic hydroxyl groups excluding tert-OH is 1. The number of hydrogen-bond acceptors (Lipinski definition) is 4. The second-order valence-electron chi connectivity index (χ2n) is 5.57. The van der Waals surface area contributed by atoms with Crippen LogP contribution in [-0.2, 0) is 6.54 Å². The molecular formula is C19H24ClNO3. The number of rotatable bonds is 8. The van der Waals surface area contributed by atoms with Gasteiger partial charge in [0.1, 0.15) is 0 Å². The quantitative estimate of drug-likeness (QED) is 0.757. The van der Waals surface area contributed by atoms with E-state index in [1.54, 1.807) is 7.11 Å². The highest BCUT2D eigenvalue weighted by molar-refractivity contribution is 6.32. The van der Waals surface area contributed by atoms with Gasteiger partial charge in [-0.3, -0.25) is 0 Å². The average molecular weight is 350 g/mol. The zero-order chi connectivity index (χ0) is 17.5. The first-order valence-corrected chi connectivity index (χ1v) is 8.40. The van der Waals surface area contributed by atoms with Crippen molar-refractivity contribution in [2.24, 2.45) is 0 Å². The van der Waals surface area contributed by atoms with Crippen LogP contribution in [0.15, 0.2) is 42.5 Å². The number of methoxy groups -OCH3 is 1. The van der Waals surface area contributed by atoms with Crippen LogP contribution in [0.5, 0.6) is 11.5 Å². The zero-order valence-electron chi connectivity index (χ0n) is 14.3. The van der Waals surface area contributed by atoms with Crippen LogP contribution in [0, 0.1) is 0 Å². The molecule has 0 unspecified atom stereocenters. The summed E-state index contributed by atoms with van der Waals surface area (Å²) >= 11 is 6.28. The van der Waals surface area contributed by atoms with Gasteiger partial charge in [0, 0.05) is 12.6 Å². The molecule has 0 aliphatic heterocycles. The number of halogens is 1. The van der Waals surface area contributed by atoms with Gasteiger partial charge in [0.25, 0.3) is 0 Å². The summed E-state index contributed by atoms with van der Waals surface area (Å²) in [4.78, 5) is 0. The van der Waals surface area contributed by atoms with Gasteiger partial charge in [0.2, 0.25) is 0 Å². The third-order valence-electron chi connectivity index (χ3n) is 3.82. The first-order valence-electron chi connectivity index (χ1n) is 8.02. The molecule has 2 atom stereocenters. The molecule has 2 aromatic carbocycles. The molecule has 0 bridgehead atoms.